The van der Waals surface area contributed by atoms with Gasteiger partial charge < -0.3 is 10.0 Å². The molecule has 1 saturated heterocycles. The second-order valence-corrected chi connectivity index (χ2v) is 8.87. The smallest absolute Gasteiger partial charge is 0.261 e. The zero-order valence-electron chi connectivity index (χ0n) is 17.5. The van der Waals surface area contributed by atoms with Crippen LogP contribution >= 0.6 is 11.6 Å². The Kier molecular flexibility index (Phi) is 6.23. The summed E-state index contributed by atoms with van der Waals surface area (Å²) in [4.78, 5) is 20.5. The number of rotatable bonds is 5. The van der Waals surface area contributed by atoms with Gasteiger partial charge in [0.2, 0.25) is 0 Å². The highest BCUT2D eigenvalue weighted by molar-refractivity contribution is 6.30. The van der Waals surface area contributed by atoms with Gasteiger partial charge in [-0.15, -0.1) is 0 Å². The molecule has 4 rings (SSSR count). The van der Waals surface area contributed by atoms with Crippen LogP contribution in [0.4, 0.5) is 0 Å². The molecule has 2 aromatic carbocycles. The number of likely N-dealkylation sites (tertiary alicyclic amines) is 1. The summed E-state index contributed by atoms with van der Waals surface area (Å²) in [5.41, 5.74) is 2.48. The number of nitrogens with zero attached hydrogens (tertiary/aromatic N) is 3. The predicted molar refractivity (Wildman–Crippen MR) is 122 cm³/mol. The van der Waals surface area contributed by atoms with Gasteiger partial charge in [0, 0.05) is 24.2 Å². The van der Waals surface area contributed by atoms with E-state index in [0.717, 1.165) is 37.1 Å². The molecule has 1 atom stereocenters. The largest absolute Gasteiger partial charge is 0.388 e. The van der Waals surface area contributed by atoms with E-state index < -0.39 is 0 Å². The molecule has 158 valence electrons. The van der Waals surface area contributed by atoms with E-state index in [4.69, 9.17) is 11.6 Å². The van der Waals surface area contributed by atoms with E-state index in [1.54, 1.807) is 4.57 Å². The first kappa shape index (κ1) is 21.0. The van der Waals surface area contributed by atoms with Gasteiger partial charge in [-0.2, -0.15) is 0 Å². The zero-order chi connectivity index (χ0) is 21.3. The summed E-state index contributed by atoms with van der Waals surface area (Å²) in [6.07, 6.45) is 2.22. The summed E-state index contributed by atoms with van der Waals surface area (Å²) in [6.45, 7) is 6.85. The zero-order valence-corrected chi connectivity index (χ0v) is 18.3. The Morgan fingerprint density at radius 1 is 1.17 bits per heavy atom. The first-order valence-corrected chi connectivity index (χ1v) is 11.0. The monoisotopic (exact) mass is 425 g/mol. The first-order chi connectivity index (χ1) is 14.5. The fourth-order valence-corrected chi connectivity index (χ4v) is 4.50. The molecular formula is C24H28ClN3O2. The number of aliphatic hydroxyl groups is 1. The molecule has 0 radical (unpaired) electrons. The van der Waals surface area contributed by atoms with E-state index >= 15 is 0 Å². The molecule has 1 aliphatic rings. The standard InChI is InChI=1S/C24H28ClN3O2/c1-16(2)27-11-3-4-17(13-27)14-28-23(15-29)26-22-10-7-19(12-21(22)24(28)30)18-5-8-20(25)9-6-18/h5-10,12,16-17,29H,3-4,11,13-15H2,1-2H3. The summed E-state index contributed by atoms with van der Waals surface area (Å²) in [6, 6.07) is 13.8. The van der Waals surface area contributed by atoms with Gasteiger partial charge in [0.1, 0.15) is 12.4 Å². The Bertz CT molecular complexity index is 1090. The fraction of sp³-hybridized carbons (Fsp3) is 0.417. The van der Waals surface area contributed by atoms with Crippen LogP contribution in [0.5, 0.6) is 0 Å². The number of hydrogen-bond donors (Lipinski definition) is 1. The van der Waals surface area contributed by atoms with E-state index in [9.17, 15) is 9.90 Å². The Morgan fingerprint density at radius 2 is 1.90 bits per heavy atom. The number of halogens is 1. The van der Waals surface area contributed by atoms with Crippen LogP contribution in [0.25, 0.3) is 22.0 Å². The van der Waals surface area contributed by atoms with E-state index in [0.29, 0.717) is 40.3 Å². The van der Waals surface area contributed by atoms with Gasteiger partial charge in [0.15, 0.2) is 0 Å². The molecule has 1 N–H and O–H groups in total. The van der Waals surface area contributed by atoms with Crippen LogP contribution < -0.4 is 5.56 Å². The Balaban J connectivity index is 1.72. The van der Waals surface area contributed by atoms with E-state index in [2.05, 4.69) is 23.7 Å². The summed E-state index contributed by atoms with van der Waals surface area (Å²) < 4.78 is 1.68. The lowest BCUT2D eigenvalue weighted by molar-refractivity contribution is 0.128. The molecule has 0 spiro atoms. The van der Waals surface area contributed by atoms with Crippen molar-refractivity contribution in [1.82, 2.24) is 14.5 Å². The normalized spacial score (nSPS) is 17.7. The molecule has 1 aliphatic heterocycles. The minimum Gasteiger partial charge on any atom is -0.388 e. The lowest BCUT2D eigenvalue weighted by Gasteiger charge is -2.35. The number of benzene rings is 2. The molecule has 0 saturated carbocycles. The van der Waals surface area contributed by atoms with Crippen molar-refractivity contribution in [3.8, 4) is 11.1 Å². The van der Waals surface area contributed by atoms with E-state index in [-0.39, 0.29) is 12.2 Å². The topological polar surface area (TPSA) is 58.4 Å². The molecule has 1 aromatic heterocycles. The second-order valence-electron chi connectivity index (χ2n) is 8.44. The Hall–Kier alpha value is -2.21. The average molecular weight is 426 g/mol. The van der Waals surface area contributed by atoms with Crippen LogP contribution in [0.15, 0.2) is 47.3 Å². The van der Waals surface area contributed by atoms with Crippen molar-refractivity contribution in [2.75, 3.05) is 13.1 Å². The van der Waals surface area contributed by atoms with E-state index in [1.807, 2.05) is 42.5 Å². The maximum atomic E-state index is 13.4. The van der Waals surface area contributed by atoms with Crippen LogP contribution in [-0.2, 0) is 13.2 Å². The Morgan fingerprint density at radius 3 is 2.60 bits per heavy atom. The van der Waals surface area contributed by atoms with Crippen molar-refractivity contribution in [2.45, 2.75) is 45.9 Å². The number of piperidine rings is 1. The lowest BCUT2D eigenvalue weighted by Crippen LogP contribution is -2.42. The minimum absolute atomic E-state index is 0.0819. The van der Waals surface area contributed by atoms with Crippen molar-refractivity contribution >= 4 is 22.5 Å². The van der Waals surface area contributed by atoms with Gasteiger partial charge in [-0.05, 0) is 74.5 Å². The van der Waals surface area contributed by atoms with Gasteiger partial charge >= 0.3 is 0 Å². The van der Waals surface area contributed by atoms with Gasteiger partial charge in [-0.25, -0.2) is 4.98 Å². The maximum Gasteiger partial charge on any atom is 0.261 e. The predicted octanol–water partition coefficient (Wildman–Crippen LogP) is 4.33. The second kappa shape index (κ2) is 8.88. The number of aromatic nitrogens is 2. The SMILES string of the molecule is CC(C)N1CCCC(Cn2c(CO)nc3ccc(-c4ccc(Cl)cc4)cc3c2=O)C1. The summed E-state index contributed by atoms with van der Waals surface area (Å²) in [5, 5.41) is 11.1. The average Bonchev–Trinajstić information content (AvgIpc) is 2.76. The summed E-state index contributed by atoms with van der Waals surface area (Å²) in [7, 11) is 0. The molecule has 1 unspecified atom stereocenters. The maximum absolute atomic E-state index is 13.4. The molecule has 3 aromatic rings. The van der Waals surface area contributed by atoms with Crippen molar-refractivity contribution < 1.29 is 5.11 Å². The molecule has 0 bridgehead atoms. The highest BCUT2D eigenvalue weighted by Gasteiger charge is 2.23. The molecule has 30 heavy (non-hydrogen) atoms. The fourth-order valence-electron chi connectivity index (χ4n) is 4.37. The molecule has 2 heterocycles. The highest BCUT2D eigenvalue weighted by Crippen LogP contribution is 2.25. The minimum atomic E-state index is -0.245. The van der Waals surface area contributed by atoms with E-state index in [1.165, 1.54) is 0 Å². The summed E-state index contributed by atoms with van der Waals surface area (Å²) >= 11 is 6.01. The van der Waals surface area contributed by atoms with Crippen molar-refractivity contribution in [1.29, 1.82) is 0 Å². The van der Waals surface area contributed by atoms with Gasteiger partial charge in [-0.1, -0.05) is 29.8 Å². The first-order valence-electron chi connectivity index (χ1n) is 10.6. The molecular weight excluding hydrogens is 398 g/mol. The molecule has 1 fully saturated rings. The van der Waals surface area contributed by atoms with Crippen LogP contribution in [0.1, 0.15) is 32.5 Å². The molecule has 5 nitrogen and oxygen atoms in total. The van der Waals surface area contributed by atoms with Gasteiger partial charge in [0.05, 0.1) is 10.9 Å². The molecule has 0 aliphatic carbocycles. The van der Waals surface area contributed by atoms with Crippen LogP contribution in [0, 0.1) is 5.92 Å². The quantitative estimate of drug-likeness (QED) is 0.661. The van der Waals surface area contributed by atoms with Crippen molar-refractivity contribution in [3.63, 3.8) is 0 Å². The molecule has 0 amide bonds. The number of hydrogen-bond acceptors (Lipinski definition) is 4. The van der Waals surface area contributed by atoms with Crippen LogP contribution in [-0.4, -0.2) is 38.7 Å². The third-order valence-electron chi connectivity index (χ3n) is 6.07. The highest BCUT2D eigenvalue weighted by atomic mass is 35.5. The third-order valence-corrected chi connectivity index (χ3v) is 6.33. The van der Waals surface area contributed by atoms with Crippen molar-refractivity contribution in [3.05, 3.63) is 63.7 Å². The van der Waals surface area contributed by atoms with Gasteiger partial charge in [-0.3, -0.25) is 9.36 Å². The third kappa shape index (κ3) is 4.29. The summed E-state index contributed by atoms with van der Waals surface area (Å²) in [5.74, 6) is 0.816. The Labute approximate surface area is 181 Å². The molecule has 6 heteroatoms. The van der Waals surface area contributed by atoms with Gasteiger partial charge in [0.25, 0.3) is 5.56 Å². The number of aliphatic hydroxyl groups excluding tert-OH is 1. The van der Waals surface area contributed by atoms with Crippen molar-refractivity contribution in [2.24, 2.45) is 5.92 Å². The number of fused-ring (bicyclic) bond motifs is 1. The van der Waals surface area contributed by atoms with Crippen LogP contribution in [0.2, 0.25) is 5.02 Å². The lowest BCUT2D eigenvalue weighted by atomic mass is 9.96. The van der Waals surface area contributed by atoms with Crippen LogP contribution in [0.3, 0.4) is 0 Å².